The maximum Gasteiger partial charge on any atom is 0.239 e. The number of nitrogens with one attached hydrogen (secondary N) is 1. The van der Waals surface area contributed by atoms with Crippen molar-refractivity contribution in [3.63, 3.8) is 0 Å². The van der Waals surface area contributed by atoms with Gasteiger partial charge in [0.2, 0.25) is 5.91 Å². The lowest BCUT2D eigenvalue weighted by Crippen LogP contribution is -2.50. The van der Waals surface area contributed by atoms with Crippen LogP contribution in [0.1, 0.15) is 46.5 Å². The molecule has 0 spiro atoms. The van der Waals surface area contributed by atoms with E-state index in [0.717, 1.165) is 25.9 Å². The van der Waals surface area contributed by atoms with Crippen molar-refractivity contribution in [3.05, 3.63) is 0 Å². The molecule has 1 fully saturated rings. The van der Waals surface area contributed by atoms with E-state index in [-0.39, 0.29) is 18.5 Å². The fourth-order valence-electron chi connectivity index (χ4n) is 2.18. The number of likely N-dealkylation sites (tertiary alicyclic amines) is 1. The van der Waals surface area contributed by atoms with Crippen molar-refractivity contribution in [1.82, 2.24) is 10.2 Å². The SMILES string of the molecule is CC(NCC(C)(C)S(C)(=O)=O)C(=O)N1CCCCCC1. The Morgan fingerprint density at radius 3 is 2.15 bits per heavy atom. The topological polar surface area (TPSA) is 66.5 Å². The van der Waals surface area contributed by atoms with Gasteiger partial charge in [0, 0.05) is 25.9 Å². The third-order valence-corrected chi connectivity index (χ3v) is 6.28. The van der Waals surface area contributed by atoms with Gasteiger partial charge in [-0.05, 0) is 33.6 Å². The average molecular weight is 304 g/mol. The Kier molecular flexibility index (Phi) is 6.01. The van der Waals surface area contributed by atoms with Crippen LogP contribution in [0.5, 0.6) is 0 Å². The lowest BCUT2D eigenvalue weighted by Gasteiger charge is -2.28. The summed E-state index contributed by atoms with van der Waals surface area (Å²) < 4.78 is 22.4. The second-order valence-corrected chi connectivity index (χ2v) is 9.02. The van der Waals surface area contributed by atoms with Crippen molar-refractivity contribution in [2.24, 2.45) is 0 Å². The van der Waals surface area contributed by atoms with E-state index in [1.165, 1.54) is 19.1 Å². The highest BCUT2D eigenvalue weighted by molar-refractivity contribution is 7.92. The molecule has 1 saturated heterocycles. The van der Waals surface area contributed by atoms with E-state index >= 15 is 0 Å². The Morgan fingerprint density at radius 1 is 1.20 bits per heavy atom. The number of sulfone groups is 1. The fraction of sp³-hybridized carbons (Fsp3) is 0.929. The Bertz CT molecular complexity index is 424. The monoisotopic (exact) mass is 304 g/mol. The van der Waals surface area contributed by atoms with Crippen molar-refractivity contribution >= 4 is 15.7 Å². The van der Waals surface area contributed by atoms with Gasteiger partial charge >= 0.3 is 0 Å². The molecule has 0 bridgehead atoms. The summed E-state index contributed by atoms with van der Waals surface area (Å²) in [5, 5.41) is 3.08. The van der Waals surface area contributed by atoms with Crippen molar-refractivity contribution in [1.29, 1.82) is 0 Å². The smallest absolute Gasteiger partial charge is 0.239 e. The number of carbonyl (C=O) groups excluding carboxylic acids is 1. The lowest BCUT2D eigenvalue weighted by molar-refractivity contribution is -0.133. The minimum Gasteiger partial charge on any atom is -0.341 e. The van der Waals surface area contributed by atoms with Crippen LogP contribution in [0, 0.1) is 0 Å². The number of hydrogen-bond donors (Lipinski definition) is 1. The predicted molar refractivity (Wildman–Crippen MR) is 81.4 cm³/mol. The van der Waals surface area contributed by atoms with Gasteiger partial charge in [0.05, 0.1) is 10.8 Å². The lowest BCUT2D eigenvalue weighted by atomic mass is 10.2. The first kappa shape index (κ1) is 17.4. The molecule has 1 amide bonds. The van der Waals surface area contributed by atoms with Gasteiger partial charge in [-0.1, -0.05) is 12.8 Å². The molecule has 5 nitrogen and oxygen atoms in total. The molecular weight excluding hydrogens is 276 g/mol. The summed E-state index contributed by atoms with van der Waals surface area (Å²) in [4.78, 5) is 14.2. The number of carbonyl (C=O) groups is 1. The van der Waals surface area contributed by atoms with E-state index in [2.05, 4.69) is 5.32 Å². The zero-order valence-electron chi connectivity index (χ0n) is 13.1. The Labute approximate surface area is 123 Å². The molecular formula is C14H28N2O3S. The first-order valence-corrected chi connectivity index (χ1v) is 9.26. The van der Waals surface area contributed by atoms with E-state index in [4.69, 9.17) is 0 Å². The number of amides is 1. The quantitative estimate of drug-likeness (QED) is 0.828. The molecule has 0 saturated carbocycles. The molecule has 1 atom stereocenters. The van der Waals surface area contributed by atoms with Crippen molar-refractivity contribution < 1.29 is 13.2 Å². The third kappa shape index (κ3) is 4.74. The van der Waals surface area contributed by atoms with Crippen molar-refractivity contribution in [2.45, 2.75) is 57.2 Å². The fourth-order valence-corrected chi connectivity index (χ4v) is 2.53. The highest BCUT2D eigenvalue weighted by atomic mass is 32.2. The van der Waals surface area contributed by atoms with Gasteiger partial charge in [-0.25, -0.2) is 8.42 Å². The minimum atomic E-state index is -3.14. The molecule has 1 aliphatic rings. The van der Waals surface area contributed by atoms with Crippen LogP contribution < -0.4 is 5.32 Å². The van der Waals surface area contributed by atoms with Crippen LogP contribution in [-0.2, 0) is 14.6 Å². The van der Waals surface area contributed by atoms with Gasteiger partial charge in [0.1, 0.15) is 0 Å². The normalized spacial score (nSPS) is 19.5. The van der Waals surface area contributed by atoms with Gasteiger partial charge < -0.3 is 10.2 Å². The molecule has 20 heavy (non-hydrogen) atoms. The van der Waals surface area contributed by atoms with Crippen molar-refractivity contribution in [3.8, 4) is 0 Å². The van der Waals surface area contributed by atoms with E-state index in [1.807, 2.05) is 11.8 Å². The standard InChI is InChI=1S/C14H28N2O3S/c1-12(15-11-14(2,3)20(4,18)19)13(17)16-9-7-5-6-8-10-16/h12,15H,5-11H2,1-4H3. The molecule has 0 aromatic carbocycles. The van der Waals surface area contributed by atoms with Crippen LogP contribution in [0.25, 0.3) is 0 Å². The summed E-state index contributed by atoms with van der Waals surface area (Å²) in [5.41, 5.74) is 0. The molecule has 1 rings (SSSR count). The van der Waals surface area contributed by atoms with E-state index in [1.54, 1.807) is 13.8 Å². The van der Waals surface area contributed by atoms with Gasteiger partial charge in [0.25, 0.3) is 0 Å². The molecule has 0 aromatic rings. The molecule has 6 heteroatoms. The Hall–Kier alpha value is -0.620. The summed E-state index contributed by atoms with van der Waals surface area (Å²) in [6, 6.07) is -0.339. The number of nitrogens with zero attached hydrogens (tertiary/aromatic N) is 1. The van der Waals surface area contributed by atoms with Gasteiger partial charge in [-0.2, -0.15) is 0 Å². The summed E-state index contributed by atoms with van der Waals surface area (Å²) in [5.74, 6) is 0.0798. The number of rotatable bonds is 5. The summed E-state index contributed by atoms with van der Waals surface area (Å²) >= 11 is 0. The average Bonchev–Trinajstić information content (AvgIpc) is 2.62. The van der Waals surface area contributed by atoms with Crippen molar-refractivity contribution in [2.75, 3.05) is 25.9 Å². The number of hydrogen-bond acceptors (Lipinski definition) is 4. The van der Waals surface area contributed by atoms with Crippen LogP contribution in [0.4, 0.5) is 0 Å². The van der Waals surface area contributed by atoms with E-state index in [9.17, 15) is 13.2 Å². The molecule has 1 aliphatic heterocycles. The van der Waals surface area contributed by atoms with Gasteiger partial charge in [-0.15, -0.1) is 0 Å². The van der Waals surface area contributed by atoms with Gasteiger partial charge in [-0.3, -0.25) is 4.79 Å². The maximum absolute atomic E-state index is 12.3. The second kappa shape index (κ2) is 6.89. The van der Waals surface area contributed by atoms with Crippen LogP contribution >= 0.6 is 0 Å². The highest BCUT2D eigenvalue weighted by Gasteiger charge is 2.31. The van der Waals surface area contributed by atoms with E-state index in [0.29, 0.717) is 0 Å². The predicted octanol–water partition coefficient (Wildman–Crippen LogP) is 1.19. The third-order valence-electron chi connectivity index (χ3n) is 4.13. The van der Waals surface area contributed by atoms with Crippen LogP contribution in [-0.4, -0.2) is 55.9 Å². The molecule has 0 aromatic heterocycles. The molecule has 1 unspecified atom stereocenters. The van der Waals surface area contributed by atoms with Crippen LogP contribution in [0.3, 0.4) is 0 Å². The molecule has 0 radical (unpaired) electrons. The summed E-state index contributed by atoms with van der Waals surface area (Å²) in [7, 11) is -3.14. The maximum atomic E-state index is 12.3. The molecule has 1 heterocycles. The zero-order chi connectivity index (χ0) is 15.4. The van der Waals surface area contributed by atoms with Crippen LogP contribution in [0.2, 0.25) is 0 Å². The summed E-state index contributed by atoms with van der Waals surface area (Å²) in [6.45, 7) is 7.09. The van der Waals surface area contributed by atoms with E-state index < -0.39 is 14.6 Å². The molecule has 1 N–H and O–H groups in total. The summed E-state index contributed by atoms with van der Waals surface area (Å²) in [6.07, 6.45) is 5.73. The van der Waals surface area contributed by atoms with Crippen LogP contribution in [0.15, 0.2) is 0 Å². The molecule has 118 valence electrons. The van der Waals surface area contributed by atoms with Gasteiger partial charge in [0.15, 0.2) is 9.84 Å². The zero-order valence-corrected chi connectivity index (χ0v) is 13.9. The second-order valence-electron chi connectivity index (χ2n) is 6.37. The Morgan fingerprint density at radius 2 is 1.70 bits per heavy atom. The first-order valence-electron chi connectivity index (χ1n) is 7.37. The Balaban J connectivity index is 2.53. The minimum absolute atomic E-state index is 0.0798. The largest absolute Gasteiger partial charge is 0.341 e. The molecule has 0 aliphatic carbocycles. The highest BCUT2D eigenvalue weighted by Crippen LogP contribution is 2.14. The first-order chi connectivity index (χ1) is 9.15.